The Labute approximate surface area is 273 Å². The van der Waals surface area contributed by atoms with Crippen LogP contribution in [0.15, 0.2) is 150 Å². The summed E-state index contributed by atoms with van der Waals surface area (Å²) >= 11 is 8.94. The van der Waals surface area contributed by atoms with Crippen molar-refractivity contribution < 1.29 is 4.42 Å². The van der Waals surface area contributed by atoms with Crippen molar-refractivity contribution in [1.82, 2.24) is 0 Å². The van der Waals surface area contributed by atoms with Crippen molar-refractivity contribution in [2.75, 3.05) is 4.90 Å². The van der Waals surface area contributed by atoms with Crippen LogP contribution in [0.3, 0.4) is 0 Å². The van der Waals surface area contributed by atoms with Gasteiger partial charge in [0.25, 0.3) is 0 Å². The lowest BCUT2D eigenvalue weighted by molar-refractivity contribution is 0.676. The highest BCUT2D eigenvalue weighted by molar-refractivity contribution is 7.26. The summed E-state index contributed by atoms with van der Waals surface area (Å²) in [5, 5.41) is 12.0. The molecule has 0 N–H and O–H groups in total. The number of furan rings is 1. The van der Waals surface area contributed by atoms with Gasteiger partial charge in [0.1, 0.15) is 11.2 Å². The van der Waals surface area contributed by atoms with E-state index in [2.05, 4.69) is 144 Å². The molecule has 0 bridgehead atoms. The summed E-state index contributed by atoms with van der Waals surface area (Å²) in [6.07, 6.45) is 0. The standard InChI is InChI=1S/C42H24ClNOS/c43-34-22-25-12-4-5-15-27(25)42-40(34)33-23-35(29-17-7-9-19-31(29)41(33)45-42)44(26-13-2-1-3-14-26)36-24-38-39(30-18-8-6-16-28(30)36)32-20-10-11-21-37(32)46-38/h1-24H. The summed E-state index contributed by atoms with van der Waals surface area (Å²) in [7, 11) is 0. The molecule has 0 saturated heterocycles. The maximum Gasteiger partial charge on any atom is 0.144 e. The molecule has 2 aromatic heterocycles. The lowest BCUT2D eigenvalue weighted by Crippen LogP contribution is -2.11. The van der Waals surface area contributed by atoms with Crippen LogP contribution in [-0.2, 0) is 0 Å². The van der Waals surface area contributed by atoms with Crippen LogP contribution in [0.25, 0.3) is 74.4 Å². The van der Waals surface area contributed by atoms with Crippen LogP contribution >= 0.6 is 22.9 Å². The highest BCUT2D eigenvalue weighted by atomic mass is 35.5. The maximum absolute atomic E-state index is 7.08. The van der Waals surface area contributed by atoms with Gasteiger partial charge in [-0.15, -0.1) is 11.3 Å². The van der Waals surface area contributed by atoms with E-state index in [-0.39, 0.29) is 0 Å². The van der Waals surface area contributed by atoms with E-state index < -0.39 is 0 Å². The van der Waals surface area contributed by atoms with E-state index in [0.29, 0.717) is 5.02 Å². The zero-order chi connectivity index (χ0) is 30.4. The average Bonchev–Trinajstić information content (AvgIpc) is 3.69. The van der Waals surface area contributed by atoms with Crippen molar-refractivity contribution in [1.29, 1.82) is 0 Å². The van der Waals surface area contributed by atoms with Gasteiger partial charge >= 0.3 is 0 Å². The second kappa shape index (κ2) is 9.82. The summed E-state index contributed by atoms with van der Waals surface area (Å²) in [5.74, 6) is 0. The summed E-state index contributed by atoms with van der Waals surface area (Å²) in [6.45, 7) is 0. The highest BCUT2D eigenvalue weighted by Gasteiger charge is 2.24. The molecule has 0 atom stereocenters. The van der Waals surface area contributed by atoms with Crippen molar-refractivity contribution >= 4 is 114 Å². The molecule has 0 radical (unpaired) electrons. The molecule has 0 aliphatic heterocycles. The Kier molecular flexibility index (Phi) is 5.54. The van der Waals surface area contributed by atoms with Crippen molar-refractivity contribution in [2.45, 2.75) is 0 Å². The van der Waals surface area contributed by atoms with Gasteiger partial charge in [-0.2, -0.15) is 0 Å². The van der Waals surface area contributed by atoms with Gasteiger partial charge in [-0.3, -0.25) is 0 Å². The van der Waals surface area contributed by atoms with Crippen LogP contribution in [-0.4, -0.2) is 0 Å². The molecule has 10 rings (SSSR count). The summed E-state index contributed by atoms with van der Waals surface area (Å²) in [6, 6.07) is 51.8. The maximum atomic E-state index is 7.08. The molecular weight excluding hydrogens is 602 g/mol. The lowest BCUT2D eigenvalue weighted by Gasteiger charge is -2.28. The van der Waals surface area contributed by atoms with Gasteiger partial charge in [0, 0.05) is 58.2 Å². The lowest BCUT2D eigenvalue weighted by atomic mass is 9.98. The number of fused-ring (bicyclic) bond motifs is 12. The third-order valence-electron chi connectivity index (χ3n) is 9.26. The van der Waals surface area contributed by atoms with Gasteiger partial charge in [0.15, 0.2) is 0 Å². The van der Waals surface area contributed by atoms with Crippen LogP contribution in [0.1, 0.15) is 0 Å². The number of rotatable bonds is 3. The fourth-order valence-electron chi connectivity index (χ4n) is 7.29. The van der Waals surface area contributed by atoms with E-state index >= 15 is 0 Å². The molecule has 0 fully saturated rings. The molecular formula is C42H24ClNOS. The Morgan fingerprint density at radius 2 is 1.07 bits per heavy atom. The van der Waals surface area contributed by atoms with E-state index in [1.54, 1.807) is 0 Å². The van der Waals surface area contributed by atoms with E-state index in [4.69, 9.17) is 16.0 Å². The van der Waals surface area contributed by atoms with Crippen molar-refractivity contribution in [3.8, 4) is 0 Å². The molecule has 0 aliphatic rings. The van der Waals surface area contributed by atoms with Crippen molar-refractivity contribution in [2.24, 2.45) is 0 Å². The van der Waals surface area contributed by atoms with E-state index in [1.807, 2.05) is 17.4 Å². The van der Waals surface area contributed by atoms with Gasteiger partial charge < -0.3 is 9.32 Å². The van der Waals surface area contributed by atoms with E-state index in [9.17, 15) is 0 Å². The molecule has 4 heteroatoms. The normalized spacial score (nSPS) is 12.0. The molecule has 0 spiro atoms. The molecule has 0 saturated carbocycles. The first kappa shape index (κ1) is 25.9. The zero-order valence-electron chi connectivity index (χ0n) is 24.5. The average molecular weight is 626 g/mol. The number of nitrogens with zero attached hydrogens (tertiary/aromatic N) is 1. The Hall–Kier alpha value is -5.35. The number of thiophene rings is 1. The van der Waals surface area contributed by atoms with Crippen LogP contribution in [0, 0.1) is 0 Å². The Balaban J connectivity index is 1.37. The van der Waals surface area contributed by atoms with E-state index in [0.717, 1.165) is 60.5 Å². The number of hydrogen-bond donors (Lipinski definition) is 0. The molecule has 0 aliphatic carbocycles. The quantitative estimate of drug-likeness (QED) is 0.194. The number of halogens is 1. The van der Waals surface area contributed by atoms with Crippen LogP contribution in [0.5, 0.6) is 0 Å². The SMILES string of the molecule is Clc1cc2ccccc2c2oc3c4ccccc4c(N(c4ccccc4)c4cc5sc6ccccc6c5c5ccccc45)cc3c12. The predicted molar refractivity (Wildman–Crippen MR) is 199 cm³/mol. The Morgan fingerprint density at radius 1 is 0.457 bits per heavy atom. The third-order valence-corrected chi connectivity index (χ3v) is 10.7. The number of anilines is 3. The third kappa shape index (κ3) is 3.64. The van der Waals surface area contributed by atoms with Gasteiger partial charge in [-0.1, -0.05) is 121 Å². The Bertz CT molecular complexity index is 2830. The summed E-state index contributed by atoms with van der Waals surface area (Å²) < 4.78 is 9.33. The molecule has 8 aromatic carbocycles. The first-order chi connectivity index (χ1) is 22.7. The number of benzene rings is 8. The molecule has 0 unspecified atom stereocenters. The monoisotopic (exact) mass is 625 g/mol. The minimum atomic E-state index is 0.692. The second-order valence-corrected chi connectivity index (χ2v) is 13.3. The molecule has 2 nitrogen and oxygen atoms in total. The van der Waals surface area contributed by atoms with Crippen LogP contribution in [0.2, 0.25) is 5.02 Å². The largest absolute Gasteiger partial charge is 0.455 e. The summed E-state index contributed by atoms with van der Waals surface area (Å²) in [4.78, 5) is 2.42. The summed E-state index contributed by atoms with van der Waals surface area (Å²) in [5.41, 5.74) is 4.97. The van der Waals surface area contributed by atoms with Crippen LogP contribution in [0.4, 0.5) is 17.1 Å². The van der Waals surface area contributed by atoms with Crippen molar-refractivity contribution in [3.63, 3.8) is 0 Å². The van der Waals surface area contributed by atoms with Gasteiger partial charge in [-0.05, 0) is 47.2 Å². The molecule has 216 valence electrons. The predicted octanol–water partition coefficient (Wildman–Crippen LogP) is 13.5. The van der Waals surface area contributed by atoms with Crippen LogP contribution < -0.4 is 4.90 Å². The first-order valence-corrected chi connectivity index (χ1v) is 16.6. The van der Waals surface area contributed by atoms with Gasteiger partial charge in [0.05, 0.1) is 16.4 Å². The van der Waals surface area contributed by atoms with Gasteiger partial charge in [0.2, 0.25) is 0 Å². The molecule has 10 aromatic rings. The first-order valence-electron chi connectivity index (χ1n) is 15.4. The minimum absolute atomic E-state index is 0.692. The topological polar surface area (TPSA) is 16.4 Å². The van der Waals surface area contributed by atoms with Gasteiger partial charge in [-0.25, -0.2) is 0 Å². The fraction of sp³-hybridized carbons (Fsp3) is 0. The highest BCUT2D eigenvalue weighted by Crippen LogP contribution is 2.50. The fourth-order valence-corrected chi connectivity index (χ4v) is 8.75. The number of hydrogen-bond acceptors (Lipinski definition) is 3. The molecule has 46 heavy (non-hydrogen) atoms. The zero-order valence-corrected chi connectivity index (χ0v) is 26.1. The smallest absolute Gasteiger partial charge is 0.144 e. The van der Waals surface area contributed by atoms with Crippen molar-refractivity contribution in [3.05, 3.63) is 151 Å². The number of para-hydroxylation sites is 1. The molecule has 2 heterocycles. The second-order valence-electron chi connectivity index (χ2n) is 11.8. The van der Waals surface area contributed by atoms with E-state index in [1.165, 1.54) is 30.9 Å². The Morgan fingerprint density at radius 3 is 1.87 bits per heavy atom. The molecule has 0 amide bonds. The minimum Gasteiger partial charge on any atom is -0.455 e.